The Balaban J connectivity index is 3.09. The van der Waals surface area contributed by atoms with E-state index in [4.69, 9.17) is 11.6 Å². The molecule has 0 aliphatic rings. The summed E-state index contributed by atoms with van der Waals surface area (Å²) >= 11 is 7.25. The predicted octanol–water partition coefficient (Wildman–Crippen LogP) is 2.85. The fourth-order valence-corrected chi connectivity index (χ4v) is 1.38. The molecule has 0 saturated heterocycles. The molecule has 1 rings (SSSR count). The highest BCUT2D eigenvalue weighted by atomic mass is 127. The highest BCUT2D eigenvalue weighted by molar-refractivity contribution is 14.1. The molecular weight excluding hydrogens is 293 g/mol. The Morgan fingerprint density at radius 2 is 2.25 bits per heavy atom. The second kappa shape index (κ2) is 4.18. The molecule has 1 aromatic carbocycles. The third-order valence-electron chi connectivity index (χ3n) is 1.35. The molecule has 0 fully saturated rings. The van der Waals surface area contributed by atoms with E-state index >= 15 is 0 Å². The van der Waals surface area contributed by atoms with Crippen molar-refractivity contribution in [2.24, 2.45) is 0 Å². The van der Waals surface area contributed by atoms with Crippen LogP contribution in [0.4, 0.5) is 4.39 Å². The van der Waals surface area contributed by atoms with Crippen LogP contribution in [0.1, 0.15) is 10.4 Å². The van der Waals surface area contributed by atoms with Gasteiger partial charge in [0.1, 0.15) is 5.82 Å². The van der Waals surface area contributed by atoms with Crippen LogP contribution in [0.15, 0.2) is 18.2 Å². The number of Topliss-reactive ketones (excluding diaryl/α,β-unsaturated/α-hetero) is 1. The van der Waals surface area contributed by atoms with Crippen LogP contribution in [0.3, 0.4) is 0 Å². The summed E-state index contributed by atoms with van der Waals surface area (Å²) in [6.45, 7) is 0. The van der Waals surface area contributed by atoms with Crippen LogP contribution in [-0.2, 0) is 0 Å². The van der Waals surface area contributed by atoms with Gasteiger partial charge in [0.05, 0.1) is 11.4 Å². The van der Waals surface area contributed by atoms with Gasteiger partial charge in [0.15, 0.2) is 5.78 Å². The largest absolute Gasteiger partial charge is 0.293 e. The van der Waals surface area contributed by atoms with E-state index < -0.39 is 5.82 Å². The van der Waals surface area contributed by atoms with Crippen molar-refractivity contribution in [2.75, 3.05) is 5.88 Å². The van der Waals surface area contributed by atoms with Crippen molar-refractivity contribution in [2.45, 2.75) is 0 Å². The highest BCUT2D eigenvalue weighted by Crippen LogP contribution is 2.13. The maximum absolute atomic E-state index is 13.0. The molecule has 64 valence electrons. The lowest BCUT2D eigenvalue weighted by Gasteiger charge is -1.98. The summed E-state index contributed by atoms with van der Waals surface area (Å²) in [6.07, 6.45) is 0. The van der Waals surface area contributed by atoms with Gasteiger partial charge in [0.25, 0.3) is 0 Å². The molecule has 0 spiro atoms. The molecule has 4 heteroatoms. The van der Waals surface area contributed by atoms with Crippen molar-refractivity contribution >= 4 is 40.0 Å². The van der Waals surface area contributed by atoms with E-state index in [0.29, 0.717) is 0 Å². The monoisotopic (exact) mass is 298 g/mol. The summed E-state index contributed by atoms with van der Waals surface area (Å²) in [7, 11) is 0. The molecule has 1 aromatic rings. The van der Waals surface area contributed by atoms with Crippen molar-refractivity contribution < 1.29 is 9.18 Å². The molecule has 0 radical (unpaired) electrons. The van der Waals surface area contributed by atoms with Gasteiger partial charge in [-0.3, -0.25) is 4.79 Å². The number of alkyl halides is 1. The van der Waals surface area contributed by atoms with Crippen LogP contribution in [0.2, 0.25) is 0 Å². The topological polar surface area (TPSA) is 17.1 Å². The van der Waals surface area contributed by atoms with Crippen molar-refractivity contribution in [3.05, 3.63) is 33.1 Å². The number of hydrogen-bond donors (Lipinski definition) is 0. The molecule has 1 nitrogen and oxygen atoms in total. The molecule has 0 N–H and O–H groups in total. The van der Waals surface area contributed by atoms with Gasteiger partial charge in [-0.2, -0.15) is 0 Å². The van der Waals surface area contributed by atoms with E-state index in [0.717, 1.165) is 3.57 Å². The lowest BCUT2D eigenvalue weighted by atomic mass is 10.1. The van der Waals surface area contributed by atoms with Crippen molar-refractivity contribution in [1.82, 2.24) is 0 Å². The number of rotatable bonds is 2. The number of carbonyl (C=O) groups excluding carboxylic acids is 1. The molecule has 0 saturated carbocycles. The summed E-state index contributed by atoms with van der Waals surface area (Å²) in [5.74, 6) is -1.07. The third-order valence-corrected chi connectivity index (χ3v) is 2.27. The van der Waals surface area contributed by atoms with Crippen LogP contribution in [0.5, 0.6) is 0 Å². The minimum Gasteiger partial charge on any atom is -0.293 e. The zero-order valence-corrected chi connectivity index (χ0v) is 8.89. The van der Waals surface area contributed by atoms with Gasteiger partial charge in [-0.05, 0) is 40.8 Å². The zero-order chi connectivity index (χ0) is 9.14. The molecule has 0 heterocycles. The standard InChI is InChI=1S/C8H5ClFIO/c9-4-8(12)6-2-1-5(11)3-7(6)10/h1-3H,4H2. The van der Waals surface area contributed by atoms with Crippen LogP contribution in [0, 0.1) is 9.39 Å². The fourth-order valence-electron chi connectivity index (χ4n) is 0.788. The molecular formula is C8H5ClFIO. The zero-order valence-electron chi connectivity index (χ0n) is 5.98. The molecule has 0 aromatic heterocycles. The van der Waals surface area contributed by atoms with E-state index in [2.05, 4.69) is 0 Å². The average Bonchev–Trinajstić information content (AvgIpc) is 2.03. The van der Waals surface area contributed by atoms with Gasteiger partial charge in [-0.15, -0.1) is 11.6 Å². The Bertz CT molecular complexity index is 314. The first-order chi connectivity index (χ1) is 5.65. The van der Waals surface area contributed by atoms with Gasteiger partial charge in [-0.25, -0.2) is 4.39 Å². The lowest BCUT2D eigenvalue weighted by Crippen LogP contribution is -2.03. The Kier molecular flexibility index (Phi) is 3.46. The van der Waals surface area contributed by atoms with Gasteiger partial charge in [0, 0.05) is 3.57 Å². The van der Waals surface area contributed by atoms with E-state index in [1.807, 2.05) is 22.6 Å². The molecule has 0 aliphatic heterocycles. The third kappa shape index (κ3) is 2.17. The smallest absolute Gasteiger partial charge is 0.180 e. The number of carbonyl (C=O) groups is 1. The normalized spacial score (nSPS) is 9.92. The van der Waals surface area contributed by atoms with E-state index in [9.17, 15) is 9.18 Å². The maximum atomic E-state index is 13.0. The number of ketones is 1. The number of benzene rings is 1. The van der Waals surface area contributed by atoms with Crippen LogP contribution < -0.4 is 0 Å². The van der Waals surface area contributed by atoms with Crippen LogP contribution in [-0.4, -0.2) is 11.7 Å². The van der Waals surface area contributed by atoms with E-state index in [1.54, 1.807) is 6.07 Å². The first-order valence-electron chi connectivity index (χ1n) is 3.19. The number of hydrogen-bond acceptors (Lipinski definition) is 1. The Morgan fingerprint density at radius 3 is 2.75 bits per heavy atom. The van der Waals surface area contributed by atoms with Crippen LogP contribution in [0.25, 0.3) is 0 Å². The quantitative estimate of drug-likeness (QED) is 0.466. The minimum absolute atomic E-state index is 0.0606. The summed E-state index contributed by atoms with van der Waals surface area (Å²) < 4.78 is 13.8. The van der Waals surface area contributed by atoms with Gasteiger partial charge in [0.2, 0.25) is 0 Å². The molecule has 0 amide bonds. The Labute approximate surface area is 88.1 Å². The average molecular weight is 298 g/mol. The molecule has 0 atom stereocenters. The van der Waals surface area contributed by atoms with Crippen LogP contribution >= 0.6 is 34.2 Å². The fraction of sp³-hybridized carbons (Fsp3) is 0.125. The summed E-state index contributed by atoms with van der Waals surface area (Å²) in [5, 5.41) is 0. The van der Waals surface area contributed by atoms with E-state index in [1.165, 1.54) is 12.1 Å². The Hall–Kier alpha value is -0.160. The predicted molar refractivity (Wildman–Crippen MR) is 54.2 cm³/mol. The molecule has 0 bridgehead atoms. The van der Waals surface area contributed by atoms with Crippen molar-refractivity contribution in [3.63, 3.8) is 0 Å². The molecule has 0 aliphatic carbocycles. The summed E-state index contributed by atoms with van der Waals surface area (Å²) in [5.41, 5.74) is 0.0606. The van der Waals surface area contributed by atoms with Gasteiger partial charge < -0.3 is 0 Å². The van der Waals surface area contributed by atoms with Crippen molar-refractivity contribution in [1.29, 1.82) is 0 Å². The maximum Gasteiger partial charge on any atom is 0.180 e. The first-order valence-corrected chi connectivity index (χ1v) is 4.80. The minimum atomic E-state index is -0.507. The van der Waals surface area contributed by atoms with Gasteiger partial charge >= 0.3 is 0 Å². The Morgan fingerprint density at radius 1 is 1.58 bits per heavy atom. The van der Waals surface area contributed by atoms with Crippen molar-refractivity contribution in [3.8, 4) is 0 Å². The summed E-state index contributed by atoms with van der Waals surface area (Å²) in [6, 6.07) is 4.42. The van der Waals surface area contributed by atoms with Gasteiger partial charge in [-0.1, -0.05) is 0 Å². The second-order valence-electron chi connectivity index (χ2n) is 2.18. The summed E-state index contributed by atoms with van der Waals surface area (Å²) in [4.78, 5) is 11.0. The SMILES string of the molecule is O=C(CCl)c1ccc(I)cc1F. The first kappa shape index (κ1) is 9.92. The number of halogens is 3. The lowest BCUT2D eigenvalue weighted by molar-refractivity contribution is 0.101. The van der Waals surface area contributed by atoms with E-state index in [-0.39, 0.29) is 17.2 Å². The second-order valence-corrected chi connectivity index (χ2v) is 3.69. The molecule has 0 unspecified atom stereocenters. The highest BCUT2D eigenvalue weighted by Gasteiger charge is 2.09. The molecule has 12 heavy (non-hydrogen) atoms.